The summed E-state index contributed by atoms with van der Waals surface area (Å²) in [5.41, 5.74) is 3.66. The minimum atomic E-state index is 0.575. The van der Waals surface area contributed by atoms with Crippen molar-refractivity contribution in [1.29, 1.82) is 0 Å². The molecule has 1 heterocycles. The zero-order valence-electron chi connectivity index (χ0n) is 15.1. The van der Waals surface area contributed by atoms with Crippen molar-refractivity contribution in [2.45, 2.75) is 26.5 Å². The molecular formula is C23H24BrNO. The molecule has 0 atom stereocenters. The van der Waals surface area contributed by atoms with Crippen LogP contribution in [0.1, 0.15) is 24.5 Å². The maximum absolute atomic E-state index is 6.09. The molecule has 2 aromatic rings. The van der Waals surface area contributed by atoms with Gasteiger partial charge in [0.15, 0.2) is 0 Å². The summed E-state index contributed by atoms with van der Waals surface area (Å²) in [5.74, 6) is 0.911. The van der Waals surface area contributed by atoms with E-state index in [4.69, 9.17) is 4.74 Å². The Bertz CT molecular complexity index is 793. The van der Waals surface area contributed by atoms with Crippen molar-refractivity contribution in [1.82, 2.24) is 4.90 Å². The predicted molar refractivity (Wildman–Crippen MR) is 112 cm³/mol. The molecular weight excluding hydrogens is 386 g/mol. The number of rotatable bonds is 7. The lowest BCUT2D eigenvalue weighted by Gasteiger charge is -2.30. The molecule has 1 aliphatic heterocycles. The molecule has 0 saturated heterocycles. The number of benzene rings is 2. The average molecular weight is 410 g/mol. The Kier molecular flexibility index (Phi) is 6.73. The minimum Gasteiger partial charge on any atom is -0.488 e. The van der Waals surface area contributed by atoms with Gasteiger partial charge in [-0.05, 0) is 39.6 Å². The van der Waals surface area contributed by atoms with Crippen LogP contribution in [0, 0.1) is 0 Å². The van der Waals surface area contributed by atoms with E-state index >= 15 is 0 Å². The number of hydrogen-bond acceptors (Lipinski definition) is 2. The second kappa shape index (κ2) is 9.44. The first-order valence-corrected chi connectivity index (χ1v) is 9.78. The highest BCUT2D eigenvalue weighted by Gasteiger charge is 2.19. The lowest BCUT2D eigenvalue weighted by atomic mass is 10.1. The Morgan fingerprint density at radius 2 is 1.65 bits per heavy atom. The van der Waals surface area contributed by atoms with Gasteiger partial charge in [0, 0.05) is 18.3 Å². The lowest BCUT2D eigenvalue weighted by Crippen LogP contribution is -2.27. The number of halogens is 1. The van der Waals surface area contributed by atoms with Crippen LogP contribution < -0.4 is 0 Å². The van der Waals surface area contributed by atoms with Crippen LogP contribution in [-0.2, 0) is 17.9 Å². The third kappa shape index (κ3) is 5.12. The maximum Gasteiger partial charge on any atom is 0.133 e. The van der Waals surface area contributed by atoms with Crippen molar-refractivity contribution in [2.75, 3.05) is 6.54 Å². The van der Waals surface area contributed by atoms with E-state index < -0.39 is 0 Å². The summed E-state index contributed by atoms with van der Waals surface area (Å²) in [7, 11) is 0. The molecule has 0 bridgehead atoms. The molecule has 2 aromatic carbocycles. The molecule has 134 valence electrons. The van der Waals surface area contributed by atoms with Crippen LogP contribution in [0.5, 0.6) is 0 Å². The standard InChI is InChI=1S/C23H24BrNO/c1-2-3-14-21-15-23(26-18-20-12-8-5-9-13-20)22(24)17-25(21)16-19-10-6-4-7-11-19/h3-15H,2,16-18H2,1H3. The van der Waals surface area contributed by atoms with E-state index in [1.807, 2.05) is 18.2 Å². The average Bonchev–Trinajstić information content (AvgIpc) is 2.68. The first-order chi connectivity index (χ1) is 12.8. The molecule has 0 saturated carbocycles. The zero-order valence-corrected chi connectivity index (χ0v) is 16.7. The van der Waals surface area contributed by atoms with Gasteiger partial charge in [-0.1, -0.05) is 73.7 Å². The SMILES string of the molecule is CCC=CC1=CC(OCc2ccccc2)=C(Br)CN1Cc1ccccc1. The molecule has 2 nitrogen and oxygen atoms in total. The molecule has 0 unspecified atom stereocenters. The van der Waals surface area contributed by atoms with Crippen molar-refractivity contribution >= 4 is 15.9 Å². The summed E-state index contributed by atoms with van der Waals surface area (Å²) in [5, 5.41) is 0. The summed E-state index contributed by atoms with van der Waals surface area (Å²) in [4.78, 5) is 2.36. The monoisotopic (exact) mass is 409 g/mol. The fraction of sp³-hybridized carbons (Fsp3) is 0.217. The quantitative estimate of drug-likeness (QED) is 0.541. The van der Waals surface area contributed by atoms with Gasteiger partial charge in [0.2, 0.25) is 0 Å². The highest BCUT2D eigenvalue weighted by atomic mass is 79.9. The summed E-state index contributed by atoms with van der Waals surface area (Å²) in [6, 6.07) is 20.8. The predicted octanol–water partition coefficient (Wildman–Crippen LogP) is 6.18. The van der Waals surface area contributed by atoms with Gasteiger partial charge in [-0.15, -0.1) is 0 Å². The van der Waals surface area contributed by atoms with Crippen LogP contribution in [-0.4, -0.2) is 11.4 Å². The molecule has 0 spiro atoms. The van der Waals surface area contributed by atoms with Gasteiger partial charge >= 0.3 is 0 Å². The molecule has 0 aliphatic carbocycles. The number of hydrogen-bond donors (Lipinski definition) is 0. The third-order valence-corrected chi connectivity index (χ3v) is 4.86. The number of ether oxygens (including phenoxy) is 1. The smallest absolute Gasteiger partial charge is 0.133 e. The molecule has 3 rings (SSSR count). The van der Waals surface area contributed by atoms with E-state index in [2.05, 4.69) is 88.4 Å². The fourth-order valence-corrected chi connectivity index (χ4v) is 3.37. The van der Waals surface area contributed by atoms with E-state index in [0.29, 0.717) is 6.61 Å². The molecule has 0 radical (unpaired) electrons. The minimum absolute atomic E-state index is 0.575. The van der Waals surface area contributed by atoms with E-state index in [1.165, 1.54) is 16.8 Å². The second-order valence-corrected chi connectivity index (χ2v) is 7.22. The van der Waals surface area contributed by atoms with Crippen molar-refractivity contribution < 1.29 is 4.74 Å². The Morgan fingerprint density at radius 1 is 1.00 bits per heavy atom. The zero-order chi connectivity index (χ0) is 18.2. The van der Waals surface area contributed by atoms with E-state index in [-0.39, 0.29) is 0 Å². The topological polar surface area (TPSA) is 12.5 Å². The van der Waals surface area contributed by atoms with Crippen molar-refractivity contribution in [3.05, 3.63) is 106 Å². The maximum atomic E-state index is 6.09. The third-order valence-electron chi connectivity index (χ3n) is 4.22. The van der Waals surface area contributed by atoms with Crippen LogP contribution >= 0.6 is 15.9 Å². The summed E-state index contributed by atoms with van der Waals surface area (Å²) in [6.45, 7) is 4.41. The Balaban J connectivity index is 1.75. The van der Waals surface area contributed by atoms with Crippen LogP contribution in [0.3, 0.4) is 0 Å². The molecule has 26 heavy (non-hydrogen) atoms. The summed E-state index contributed by atoms with van der Waals surface area (Å²) in [6.07, 6.45) is 7.53. The first kappa shape index (κ1) is 18.5. The highest BCUT2D eigenvalue weighted by Crippen LogP contribution is 2.28. The molecule has 1 aliphatic rings. The molecule has 0 N–H and O–H groups in total. The molecule has 0 amide bonds. The van der Waals surface area contributed by atoms with Gasteiger partial charge in [0.05, 0.1) is 11.0 Å². The van der Waals surface area contributed by atoms with Gasteiger partial charge in [-0.2, -0.15) is 0 Å². The molecule has 0 aromatic heterocycles. The van der Waals surface area contributed by atoms with Crippen LogP contribution in [0.15, 0.2) is 94.8 Å². The van der Waals surface area contributed by atoms with Gasteiger partial charge in [-0.3, -0.25) is 0 Å². The summed E-state index contributed by atoms with van der Waals surface area (Å²) >= 11 is 3.72. The van der Waals surface area contributed by atoms with Crippen LogP contribution in [0.2, 0.25) is 0 Å². The van der Waals surface area contributed by atoms with Crippen molar-refractivity contribution in [3.8, 4) is 0 Å². The van der Waals surface area contributed by atoms with Crippen molar-refractivity contribution in [2.24, 2.45) is 0 Å². The summed E-state index contributed by atoms with van der Waals surface area (Å²) < 4.78 is 7.17. The Morgan fingerprint density at radius 3 is 2.31 bits per heavy atom. The molecule has 3 heteroatoms. The van der Waals surface area contributed by atoms with Gasteiger partial charge in [0.1, 0.15) is 12.4 Å². The molecule has 0 fully saturated rings. The first-order valence-electron chi connectivity index (χ1n) is 8.98. The van der Waals surface area contributed by atoms with Crippen molar-refractivity contribution in [3.63, 3.8) is 0 Å². The van der Waals surface area contributed by atoms with E-state index in [0.717, 1.165) is 29.8 Å². The number of nitrogens with zero attached hydrogens (tertiary/aromatic N) is 1. The van der Waals surface area contributed by atoms with Crippen LogP contribution in [0.4, 0.5) is 0 Å². The van der Waals surface area contributed by atoms with E-state index in [1.54, 1.807) is 0 Å². The van der Waals surface area contributed by atoms with Gasteiger partial charge in [-0.25, -0.2) is 0 Å². The Hall–Kier alpha value is -2.26. The van der Waals surface area contributed by atoms with E-state index in [9.17, 15) is 0 Å². The number of allylic oxidation sites excluding steroid dienone is 3. The fourth-order valence-electron chi connectivity index (χ4n) is 2.84. The lowest BCUT2D eigenvalue weighted by molar-refractivity contribution is 0.202. The van der Waals surface area contributed by atoms with Crippen LogP contribution in [0.25, 0.3) is 0 Å². The normalized spacial score (nSPS) is 14.7. The highest BCUT2D eigenvalue weighted by molar-refractivity contribution is 9.11. The van der Waals surface area contributed by atoms with Gasteiger partial charge < -0.3 is 9.64 Å². The Labute approximate surface area is 164 Å². The largest absolute Gasteiger partial charge is 0.488 e. The second-order valence-electron chi connectivity index (χ2n) is 6.26. The van der Waals surface area contributed by atoms with Gasteiger partial charge in [0.25, 0.3) is 0 Å².